The summed E-state index contributed by atoms with van der Waals surface area (Å²) in [6.45, 7) is 4.46. The van der Waals surface area contributed by atoms with E-state index in [9.17, 15) is 9.00 Å². The highest BCUT2D eigenvalue weighted by molar-refractivity contribution is 7.82. The lowest BCUT2D eigenvalue weighted by Gasteiger charge is -2.37. The van der Waals surface area contributed by atoms with Gasteiger partial charge in [-0.3, -0.25) is 4.79 Å². The molecule has 0 radical (unpaired) electrons. The number of hydrogen-bond acceptors (Lipinski definition) is 3. The van der Waals surface area contributed by atoms with E-state index in [0.29, 0.717) is 12.5 Å². The summed E-state index contributed by atoms with van der Waals surface area (Å²) in [6.07, 6.45) is 7.89. The fraction of sp³-hybridized carbons (Fsp3) is 0.560. The Bertz CT molecular complexity index is 977. The number of pyridine rings is 1. The molecule has 168 valence electrons. The maximum absolute atomic E-state index is 12.9. The molecule has 6 heteroatoms. The minimum Gasteiger partial charge on any atom is -0.376 e. The minimum absolute atomic E-state index is 0.0262. The third kappa shape index (κ3) is 5.18. The van der Waals surface area contributed by atoms with E-state index in [1.54, 1.807) is 6.26 Å². The van der Waals surface area contributed by atoms with Crippen molar-refractivity contribution in [2.75, 3.05) is 12.9 Å². The number of aromatic nitrogens is 1. The first-order valence-electron chi connectivity index (χ1n) is 11.4. The number of nitrogens with one attached hydrogen (secondary N) is 1. The summed E-state index contributed by atoms with van der Waals surface area (Å²) < 4.78 is 23.3. The Balaban J connectivity index is 1.43. The third-order valence-corrected chi connectivity index (χ3v) is 7.58. The first-order chi connectivity index (χ1) is 14.9. The van der Waals surface area contributed by atoms with Gasteiger partial charge in [0.2, 0.25) is 0 Å². The molecule has 1 aliphatic heterocycles. The van der Waals surface area contributed by atoms with Crippen LogP contribution in [0.3, 0.4) is 0 Å². The van der Waals surface area contributed by atoms with E-state index in [1.165, 1.54) is 11.1 Å². The van der Waals surface area contributed by atoms with Gasteiger partial charge in [-0.05, 0) is 69.9 Å². The maximum Gasteiger partial charge on any atom is 0.254 e. The average Bonchev–Trinajstić information content (AvgIpc) is 2.76. The smallest absolute Gasteiger partial charge is 0.254 e. The van der Waals surface area contributed by atoms with Gasteiger partial charge in [0, 0.05) is 23.6 Å². The van der Waals surface area contributed by atoms with Gasteiger partial charge in [-0.15, -0.1) is 0 Å². The summed E-state index contributed by atoms with van der Waals surface area (Å²) in [7, 11) is -1.13. The molecule has 2 aromatic rings. The first-order valence-corrected chi connectivity index (χ1v) is 13.0. The Morgan fingerprint density at radius 3 is 2.42 bits per heavy atom. The number of aryl methyl sites for hydroxylation is 3. The highest BCUT2D eigenvalue weighted by atomic mass is 32.2. The zero-order valence-corrected chi connectivity index (χ0v) is 19.6. The molecular formula is C25H34N2O3S. The molecule has 1 N–H and O–H groups in total. The molecular weight excluding hydrogens is 408 g/mol. The van der Waals surface area contributed by atoms with Gasteiger partial charge in [-0.2, -0.15) is 0 Å². The topological polar surface area (TPSA) is 60.3 Å². The van der Waals surface area contributed by atoms with Crippen LogP contribution >= 0.6 is 0 Å². The number of benzene rings is 1. The molecule has 3 atom stereocenters. The molecule has 0 amide bonds. The monoisotopic (exact) mass is 442 g/mol. The van der Waals surface area contributed by atoms with Gasteiger partial charge < -0.3 is 9.30 Å². The third-order valence-electron chi connectivity index (χ3n) is 6.94. The van der Waals surface area contributed by atoms with Gasteiger partial charge in [0.15, 0.2) is 0 Å². The SMILES string of the molecule is Cc1ccc(C2CCC(OCC3C(NS(C)=O)CCc4ccc(C)c(=O)n43)CC2)cc1. The summed E-state index contributed by atoms with van der Waals surface area (Å²) in [5.41, 5.74) is 4.57. The molecule has 1 aliphatic carbocycles. The molecule has 1 aromatic carbocycles. The zero-order chi connectivity index (χ0) is 22.0. The van der Waals surface area contributed by atoms with Crippen molar-refractivity contribution in [1.82, 2.24) is 9.29 Å². The molecule has 2 heterocycles. The summed E-state index contributed by atoms with van der Waals surface area (Å²) in [4.78, 5) is 12.9. The normalized spacial score (nSPS) is 26.9. The molecule has 3 unspecified atom stereocenters. The number of nitrogens with zero attached hydrogens (tertiary/aromatic N) is 1. The second-order valence-electron chi connectivity index (χ2n) is 9.18. The Kier molecular flexibility index (Phi) is 7.09. The number of ether oxygens (including phenoxy) is 1. The predicted octanol–water partition coefficient (Wildman–Crippen LogP) is 3.95. The Labute approximate surface area is 187 Å². The molecule has 0 bridgehead atoms. The van der Waals surface area contributed by atoms with Crippen LogP contribution in [0.15, 0.2) is 41.2 Å². The Hall–Kier alpha value is -1.76. The van der Waals surface area contributed by atoms with Crippen LogP contribution in [-0.2, 0) is 22.1 Å². The first kappa shape index (κ1) is 22.4. The molecule has 31 heavy (non-hydrogen) atoms. The molecule has 4 rings (SSSR count). The van der Waals surface area contributed by atoms with Crippen molar-refractivity contribution in [3.05, 3.63) is 69.1 Å². The van der Waals surface area contributed by atoms with Crippen LogP contribution < -0.4 is 10.3 Å². The zero-order valence-electron chi connectivity index (χ0n) is 18.8. The number of hydrogen-bond donors (Lipinski definition) is 1. The van der Waals surface area contributed by atoms with E-state index in [-0.39, 0.29) is 23.7 Å². The van der Waals surface area contributed by atoms with Gasteiger partial charge in [-0.1, -0.05) is 35.9 Å². The lowest BCUT2D eigenvalue weighted by Crippen LogP contribution is -2.48. The van der Waals surface area contributed by atoms with E-state index in [4.69, 9.17) is 4.74 Å². The lowest BCUT2D eigenvalue weighted by atomic mass is 9.82. The standard InChI is InChI=1S/C25H34N2O3S/c1-17-4-7-19(8-5-17)20-9-13-22(14-10-20)30-16-24-23(26-31(3)29)15-12-21-11-6-18(2)25(28)27(21)24/h4-8,11,20,22-24,26H,9-10,12-16H2,1-3H3. The van der Waals surface area contributed by atoms with Crippen molar-refractivity contribution in [3.63, 3.8) is 0 Å². The van der Waals surface area contributed by atoms with Crippen LogP contribution in [0.25, 0.3) is 0 Å². The molecule has 1 fully saturated rings. The fourth-order valence-corrected chi connectivity index (χ4v) is 5.82. The van der Waals surface area contributed by atoms with Crippen molar-refractivity contribution in [3.8, 4) is 0 Å². The molecule has 0 spiro atoms. The minimum atomic E-state index is -1.13. The van der Waals surface area contributed by atoms with Gasteiger partial charge in [-0.25, -0.2) is 8.93 Å². The van der Waals surface area contributed by atoms with E-state index >= 15 is 0 Å². The number of rotatable bonds is 6. The lowest BCUT2D eigenvalue weighted by molar-refractivity contribution is -0.00160. The molecule has 5 nitrogen and oxygen atoms in total. The number of fused-ring (bicyclic) bond motifs is 1. The second kappa shape index (κ2) is 9.80. The van der Waals surface area contributed by atoms with Gasteiger partial charge >= 0.3 is 0 Å². The van der Waals surface area contributed by atoms with Crippen molar-refractivity contribution in [1.29, 1.82) is 0 Å². The van der Waals surface area contributed by atoms with E-state index in [0.717, 1.165) is 49.8 Å². The van der Waals surface area contributed by atoms with Gasteiger partial charge in [0.25, 0.3) is 5.56 Å². The summed E-state index contributed by atoms with van der Waals surface area (Å²) >= 11 is 0. The van der Waals surface area contributed by atoms with E-state index in [1.807, 2.05) is 17.6 Å². The fourth-order valence-electron chi connectivity index (χ4n) is 5.11. The quantitative estimate of drug-likeness (QED) is 0.737. The summed E-state index contributed by atoms with van der Waals surface area (Å²) in [6, 6.07) is 12.7. The maximum atomic E-state index is 12.9. The average molecular weight is 443 g/mol. The van der Waals surface area contributed by atoms with Crippen molar-refractivity contribution >= 4 is 11.0 Å². The molecule has 1 aromatic heterocycles. The van der Waals surface area contributed by atoms with Crippen LogP contribution in [0.5, 0.6) is 0 Å². The van der Waals surface area contributed by atoms with Crippen LogP contribution in [0, 0.1) is 13.8 Å². The van der Waals surface area contributed by atoms with Crippen LogP contribution in [0.2, 0.25) is 0 Å². The van der Waals surface area contributed by atoms with Crippen LogP contribution in [0.1, 0.15) is 66.4 Å². The van der Waals surface area contributed by atoms with Crippen molar-refractivity contribution < 1.29 is 8.95 Å². The molecule has 0 saturated heterocycles. The van der Waals surface area contributed by atoms with E-state index in [2.05, 4.69) is 42.0 Å². The molecule has 2 aliphatic rings. The summed E-state index contributed by atoms with van der Waals surface area (Å²) in [5.74, 6) is 0.609. The molecule has 1 saturated carbocycles. The van der Waals surface area contributed by atoms with Gasteiger partial charge in [0.05, 0.1) is 29.7 Å². The van der Waals surface area contributed by atoms with Crippen LogP contribution in [-0.4, -0.2) is 33.8 Å². The van der Waals surface area contributed by atoms with Crippen molar-refractivity contribution in [2.45, 2.75) is 76.5 Å². The van der Waals surface area contributed by atoms with Crippen LogP contribution in [0.4, 0.5) is 0 Å². The Morgan fingerprint density at radius 2 is 1.74 bits per heavy atom. The largest absolute Gasteiger partial charge is 0.376 e. The second-order valence-corrected chi connectivity index (χ2v) is 10.3. The Morgan fingerprint density at radius 1 is 1.03 bits per heavy atom. The highest BCUT2D eigenvalue weighted by Gasteiger charge is 2.32. The van der Waals surface area contributed by atoms with E-state index < -0.39 is 11.0 Å². The predicted molar refractivity (Wildman–Crippen MR) is 126 cm³/mol. The highest BCUT2D eigenvalue weighted by Crippen LogP contribution is 2.35. The van der Waals surface area contributed by atoms with Crippen molar-refractivity contribution in [2.24, 2.45) is 0 Å². The van der Waals surface area contributed by atoms with Gasteiger partial charge in [0.1, 0.15) is 0 Å². The summed E-state index contributed by atoms with van der Waals surface area (Å²) in [5, 5.41) is 0.